The fraction of sp³-hybridized carbons (Fsp3) is 0.818. The summed E-state index contributed by atoms with van der Waals surface area (Å²) in [4.78, 5) is 26.3. The lowest BCUT2D eigenvalue weighted by Crippen LogP contribution is -2.59. The van der Waals surface area contributed by atoms with Gasteiger partial charge in [-0.2, -0.15) is 0 Å². The number of hydrogen-bond acceptors (Lipinski definition) is 3. The van der Waals surface area contributed by atoms with Gasteiger partial charge < -0.3 is 10.0 Å². The van der Waals surface area contributed by atoms with Crippen molar-refractivity contribution in [3.05, 3.63) is 0 Å². The second-order valence-corrected chi connectivity index (χ2v) is 4.35. The molecule has 0 spiro atoms. The van der Waals surface area contributed by atoms with Crippen LogP contribution in [0.2, 0.25) is 0 Å². The van der Waals surface area contributed by atoms with Crippen molar-refractivity contribution < 1.29 is 14.7 Å². The van der Waals surface area contributed by atoms with Gasteiger partial charge in [0.25, 0.3) is 0 Å². The van der Waals surface area contributed by atoms with Crippen LogP contribution in [0.5, 0.6) is 0 Å². The van der Waals surface area contributed by atoms with Crippen molar-refractivity contribution in [3.8, 4) is 0 Å². The number of carbonyl (C=O) groups excluding carboxylic acids is 1. The molecule has 0 aliphatic carbocycles. The summed E-state index contributed by atoms with van der Waals surface area (Å²) in [5.74, 6) is -0.800. The first-order chi connectivity index (χ1) is 7.47. The Kier molecular flexibility index (Phi) is 4.29. The molecule has 0 aromatic heterocycles. The summed E-state index contributed by atoms with van der Waals surface area (Å²) >= 11 is 0. The maximum Gasteiger partial charge on any atom is 0.303 e. The van der Waals surface area contributed by atoms with Crippen LogP contribution in [-0.2, 0) is 9.59 Å². The Hall–Kier alpha value is -1.10. The normalized spacial score (nSPS) is 27.2. The van der Waals surface area contributed by atoms with Crippen molar-refractivity contribution in [2.45, 2.75) is 38.8 Å². The second-order valence-electron chi connectivity index (χ2n) is 4.35. The van der Waals surface area contributed by atoms with Gasteiger partial charge in [-0.15, -0.1) is 0 Å². The molecule has 1 N–H and O–H groups in total. The van der Waals surface area contributed by atoms with Gasteiger partial charge in [0.05, 0.1) is 6.04 Å². The number of piperazine rings is 1. The Bertz CT molecular complexity index is 280. The summed E-state index contributed by atoms with van der Waals surface area (Å²) < 4.78 is 0. The van der Waals surface area contributed by atoms with Crippen molar-refractivity contribution in [1.29, 1.82) is 0 Å². The van der Waals surface area contributed by atoms with Gasteiger partial charge in [0, 0.05) is 26.1 Å². The quantitative estimate of drug-likeness (QED) is 0.756. The molecular weight excluding hydrogens is 208 g/mol. The van der Waals surface area contributed by atoms with Gasteiger partial charge in [0.2, 0.25) is 5.91 Å². The van der Waals surface area contributed by atoms with Gasteiger partial charge >= 0.3 is 5.97 Å². The smallest absolute Gasteiger partial charge is 0.303 e. The van der Waals surface area contributed by atoms with E-state index in [9.17, 15) is 9.59 Å². The lowest BCUT2D eigenvalue weighted by molar-refractivity contribution is -0.144. The van der Waals surface area contributed by atoms with E-state index >= 15 is 0 Å². The van der Waals surface area contributed by atoms with E-state index in [0.717, 1.165) is 13.1 Å². The van der Waals surface area contributed by atoms with Gasteiger partial charge in [-0.3, -0.25) is 14.5 Å². The first-order valence-corrected chi connectivity index (χ1v) is 5.69. The lowest BCUT2D eigenvalue weighted by Gasteiger charge is -2.43. The highest BCUT2D eigenvalue weighted by molar-refractivity contribution is 5.83. The van der Waals surface area contributed by atoms with E-state index in [1.807, 2.05) is 6.92 Å². The van der Waals surface area contributed by atoms with Crippen LogP contribution in [0.25, 0.3) is 0 Å². The molecule has 0 aromatic rings. The summed E-state index contributed by atoms with van der Waals surface area (Å²) in [6, 6.07) is 0.0290. The van der Waals surface area contributed by atoms with Gasteiger partial charge in [0.15, 0.2) is 0 Å². The third-order valence-electron chi connectivity index (χ3n) is 3.16. The molecule has 1 rings (SSSR count). The maximum atomic E-state index is 11.9. The molecule has 1 amide bonds. The molecule has 2 atom stereocenters. The molecule has 1 saturated heterocycles. The summed E-state index contributed by atoms with van der Waals surface area (Å²) in [7, 11) is 1.78. The van der Waals surface area contributed by atoms with Crippen molar-refractivity contribution in [2.24, 2.45) is 0 Å². The predicted molar refractivity (Wildman–Crippen MR) is 60.1 cm³/mol. The Labute approximate surface area is 96.0 Å². The van der Waals surface area contributed by atoms with E-state index in [-0.39, 0.29) is 18.4 Å². The van der Waals surface area contributed by atoms with E-state index in [1.54, 1.807) is 11.9 Å². The molecule has 2 unspecified atom stereocenters. The van der Waals surface area contributed by atoms with Gasteiger partial charge in [-0.05, 0) is 19.9 Å². The van der Waals surface area contributed by atoms with Gasteiger partial charge in [0.1, 0.15) is 0 Å². The minimum atomic E-state index is -0.843. The maximum absolute atomic E-state index is 11.9. The molecule has 1 fully saturated rings. The molecule has 92 valence electrons. The molecule has 0 bridgehead atoms. The van der Waals surface area contributed by atoms with Gasteiger partial charge in [-0.25, -0.2) is 0 Å². The van der Waals surface area contributed by atoms with E-state index in [1.165, 1.54) is 0 Å². The number of carboxylic acids is 1. The summed E-state index contributed by atoms with van der Waals surface area (Å²) in [6.07, 6.45) is 0.449. The number of carbonyl (C=O) groups is 2. The molecule has 0 saturated carbocycles. The van der Waals surface area contributed by atoms with Crippen LogP contribution in [0, 0.1) is 0 Å². The van der Waals surface area contributed by atoms with Crippen LogP contribution in [0.4, 0.5) is 0 Å². The van der Waals surface area contributed by atoms with E-state index in [4.69, 9.17) is 5.11 Å². The van der Waals surface area contributed by atoms with Crippen LogP contribution in [0.1, 0.15) is 26.7 Å². The summed E-state index contributed by atoms with van der Waals surface area (Å²) in [5.41, 5.74) is 0. The number of likely N-dealkylation sites (N-methyl/N-ethyl adjacent to an activating group) is 2. The number of amides is 1. The van der Waals surface area contributed by atoms with Gasteiger partial charge in [-0.1, -0.05) is 6.92 Å². The molecule has 5 heteroatoms. The predicted octanol–water partition coefficient (Wildman–Crippen LogP) is 0.402. The number of aliphatic carboxylic acids is 1. The molecule has 0 radical (unpaired) electrons. The molecule has 0 aromatic carbocycles. The monoisotopic (exact) mass is 228 g/mol. The minimum absolute atomic E-state index is 0.0428. The van der Waals surface area contributed by atoms with E-state index in [2.05, 4.69) is 11.8 Å². The van der Waals surface area contributed by atoms with Crippen LogP contribution in [-0.4, -0.2) is 59.0 Å². The SMILES string of the molecule is CCN1C(C)CN(C)C(=O)C1CCC(=O)O. The fourth-order valence-electron chi connectivity index (χ4n) is 2.38. The highest BCUT2D eigenvalue weighted by Crippen LogP contribution is 2.19. The molecule has 1 heterocycles. The fourth-order valence-corrected chi connectivity index (χ4v) is 2.38. The third-order valence-corrected chi connectivity index (χ3v) is 3.16. The van der Waals surface area contributed by atoms with Crippen LogP contribution < -0.4 is 0 Å². The first-order valence-electron chi connectivity index (χ1n) is 5.69. The second kappa shape index (κ2) is 5.30. The minimum Gasteiger partial charge on any atom is -0.481 e. The van der Waals surface area contributed by atoms with E-state index < -0.39 is 5.97 Å². The molecule has 16 heavy (non-hydrogen) atoms. The molecular formula is C11H20N2O3. The lowest BCUT2D eigenvalue weighted by atomic mass is 10.0. The standard InChI is InChI=1S/C11H20N2O3/c1-4-13-8(2)7-12(3)11(16)9(13)5-6-10(14)15/h8-9H,4-7H2,1-3H3,(H,14,15). The zero-order chi connectivity index (χ0) is 12.3. The zero-order valence-corrected chi connectivity index (χ0v) is 10.1. The topological polar surface area (TPSA) is 60.9 Å². The van der Waals surface area contributed by atoms with Crippen LogP contribution >= 0.6 is 0 Å². The Balaban J connectivity index is 2.72. The number of carboxylic acid groups (broad SMARTS) is 1. The average Bonchev–Trinajstić information content (AvgIpc) is 2.20. The van der Waals surface area contributed by atoms with Crippen LogP contribution in [0.3, 0.4) is 0 Å². The van der Waals surface area contributed by atoms with Crippen molar-refractivity contribution in [1.82, 2.24) is 9.80 Å². The first kappa shape index (κ1) is 13.0. The number of hydrogen-bond donors (Lipinski definition) is 1. The molecule has 1 aliphatic heterocycles. The van der Waals surface area contributed by atoms with E-state index in [0.29, 0.717) is 12.5 Å². The van der Waals surface area contributed by atoms with Crippen molar-refractivity contribution in [3.63, 3.8) is 0 Å². The summed E-state index contributed by atoms with van der Waals surface area (Å²) in [6.45, 7) is 5.57. The Morgan fingerprint density at radius 1 is 1.56 bits per heavy atom. The number of rotatable bonds is 4. The Morgan fingerprint density at radius 2 is 2.19 bits per heavy atom. The largest absolute Gasteiger partial charge is 0.481 e. The highest BCUT2D eigenvalue weighted by atomic mass is 16.4. The molecule has 5 nitrogen and oxygen atoms in total. The number of nitrogens with zero attached hydrogens (tertiary/aromatic N) is 2. The van der Waals surface area contributed by atoms with Crippen LogP contribution in [0.15, 0.2) is 0 Å². The Morgan fingerprint density at radius 3 is 2.69 bits per heavy atom. The summed E-state index contributed by atoms with van der Waals surface area (Å²) in [5, 5.41) is 8.68. The van der Waals surface area contributed by atoms with Crippen molar-refractivity contribution >= 4 is 11.9 Å². The average molecular weight is 228 g/mol. The highest BCUT2D eigenvalue weighted by Gasteiger charge is 2.36. The third kappa shape index (κ3) is 2.72. The molecule has 1 aliphatic rings. The van der Waals surface area contributed by atoms with Crippen molar-refractivity contribution in [2.75, 3.05) is 20.1 Å². The zero-order valence-electron chi connectivity index (χ0n) is 10.1.